The Balaban J connectivity index is 2.83. The van der Waals surface area contributed by atoms with Gasteiger partial charge in [-0.15, -0.1) is 0 Å². The second-order valence-corrected chi connectivity index (χ2v) is 6.55. The highest BCUT2D eigenvalue weighted by Gasteiger charge is 2.40. The fourth-order valence-electron chi connectivity index (χ4n) is 3.10. The molecule has 0 bridgehead atoms. The monoisotopic (exact) mass is 240 g/mol. The van der Waals surface area contributed by atoms with Crippen LogP contribution in [0.3, 0.4) is 0 Å². The van der Waals surface area contributed by atoms with E-state index in [1.165, 1.54) is 32.2 Å². The molecule has 2 heteroatoms. The van der Waals surface area contributed by atoms with E-state index in [0.29, 0.717) is 17.1 Å². The summed E-state index contributed by atoms with van der Waals surface area (Å²) in [5, 5.41) is 3.75. The third kappa shape index (κ3) is 3.45. The Morgan fingerprint density at radius 1 is 1.29 bits per heavy atom. The Morgan fingerprint density at radius 3 is 2.41 bits per heavy atom. The van der Waals surface area contributed by atoms with Crippen LogP contribution in [0, 0.1) is 0 Å². The van der Waals surface area contributed by atoms with Crippen molar-refractivity contribution in [3.8, 4) is 0 Å². The fraction of sp³-hybridized carbons (Fsp3) is 1.00. The fourth-order valence-corrected chi connectivity index (χ4v) is 3.10. The zero-order valence-electron chi connectivity index (χ0n) is 12.8. The number of hydrogen-bond donors (Lipinski definition) is 1. The van der Waals surface area contributed by atoms with Crippen molar-refractivity contribution in [2.45, 2.75) is 84.3 Å². The molecule has 0 saturated carbocycles. The Kier molecular flexibility index (Phi) is 5.03. The minimum atomic E-state index is 0.302. The summed E-state index contributed by atoms with van der Waals surface area (Å²) in [5.41, 5.74) is 0.643. The molecule has 102 valence electrons. The third-order valence-electron chi connectivity index (χ3n) is 4.62. The summed E-state index contributed by atoms with van der Waals surface area (Å²) >= 11 is 0. The van der Waals surface area contributed by atoms with Gasteiger partial charge in [-0.25, -0.2) is 0 Å². The van der Waals surface area contributed by atoms with Crippen LogP contribution in [0.25, 0.3) is 0 Å². The van der Waals surface area contributed by atoms with E-state index in [2.05, 4.69) is 51.8 Å². The van der Waals surface area contributed by atoms with Gasteiger partial charge in [0.1, 0.15) is 0 Å². The number of hydrogen-bond acceptors (Lipinski definition) is 2. The van der Waals surface area contributed by atoms with Crippen LogP contribution in [0.5, 0.6) is 0 Å². The maximum atomic E-state index is 3.75. The van der Waals surface area contributed by atoms with Crippen LogP contribution in [0.15, 0.2) is 0 Å². The van der Waals surface area contributed by atoms with E-state index in [9.17, 15) is 0 Å². The summed E-state index contributed by atoms with van der Waals surface area (Å²) in [4.78, 5) is 2.76. The van der Waals surface area contributed by atoms with Crippen LogP contribution in [-0.2, 0) is 0 Å². The van der Waals surface area contributed by atoms with Gasteiger partial charge in [-0.3, -0.25) is 4.90 Å². The van der Waals surface area contributed by atoms with E-state index in [-0.39, 0.29) is 0 Å². The first-order valence-electron chi connectivity index (χ1n) is 7.40. The smallest absolute Gasteiger partial charge is 0.0278 e. The minimum Gasteiger partial charge on any atom is -0.309 e. The van der Waals surface area contributed by atoms with Gasteiger partial charge in [-0.05, 0) is 40.0 Å². The average Bonchev–Trinajstić information content (AvgIpc) is 2.29. The van der Waals surface area contributed by atoms with Crippen molar-refractivity contribution >= 4 is 0 Å². The molecule has 1 aliphatic rings. The van der Waals surface area contributed by atoms with E-state index < -0.39 is 0 Å². The zero-order chi connectivity index (χ0) is 13.1. The highest BCUT2D eigenvalue weighted by Crippen LogP contribution is 2.30. The predicted molar refractivity (Wildman–Crippen MR) is 76.5 cm³/mol. The first-order valence-corrected chi connectivity index (χ1v) is 7.40. The van der Waals surface area contributed by atoms with Gasteiger partial charge in [0.25, 0.3) is 0 Å². The van der Waals surface area contributed by atoms with E-state index >= 15 is 0 Å². The van der Waals surface area contributed by atoms with E-state index in [1.807, 2.05) is 0 Å². The Morgan fingerprint density at radius 2 is 1.94 bits per heavy atom. The first-order chi connectivity index (χ1) is 7.88. The van der Waals surface area contributed by atoms with Crippen LogP contribution in [-0.4, -0.2) is 35.1 Å². The maximum absolute atomic E-state index is 3.75. The lowest BCUT2D eigenvalue weighted by Crippen LogP contribution is -2.67. The molecule has 0 aromatic heterocycles. The van der Waals surface area contributed by atoms with Gasteiger partial charge in [0.05, 0.1) is 0 Å². The van der Waals surface area contributed by atoms with Crippen LogP contribution < -0.4 is 5.32 Å². The SMILES string of the molecule is CCCC(C)(C)N1CC(C)(CC)NCC1CC. The molecule has 1 fully saturated rings. The van der Waals surface area contributed by atoms with Gasteiger partial charge in [-0.2, -0.15) is 0 Å². The van der Waals surface area contributed by atoms with Gasteiger partial charge < -0.3 is 5.32 Å². The van der Waals surface area contributed by atoms with Crippen molar-refractivity contribution < 1.29 is 0 Å². The largest absolute Gasteiger partial charge is 0.309 e. The molecule has 0 aromatic carbocycles. The molecule has 2 unspecified atom stereocenters. The molecule has 0 aromatic rings. The molecule has 0 spiro atoms. The van der Waals surface area contributed by atoms with E-state index in [1.54, 1.807) is 0 Å². The van der Waals surface area contributed by atoms with Crippen molar-refractivity contribution in [1.82, 2.24) is 10.2 Å². The molecule has 1 heterocycles. The molecule has 1 rings (SSSR count). The van der Waals surface area contributed by atoms with Crippen molar-refractivity contribution in [2.24, 2.45) is 0 Å². The average molecular weight is 240 g/mol. The van der Waals surface area contributed by atoms with Crippen LogP contribution in [0.1, 0.15) is 67.2 Å². The summed E-state index contributed by atoms with van der Waals surface area (Å²) in [6.45, 7) is 16.4. The minimum absolute atomic E-state index is 0.302. The van der Waals surface area contributed by atoms with Crippen LogP contribution in [0.2, 0.25) is 0 Å². The second kappa shape index (κ2) is 5.71. The summed E-state index contributed by atoms with van der Waals surface area (Å²) < 4.78 is 0. The molecule has 1 saturated heterocycles. The second-order valence-electron chi connectivity index (χ2n) is 6.55. The molecule has 2 nitrogen and oxygen atoms in total. The molecular weight excluding hydrogens is 208 g/mol. The summed E-state index contributed by atoms with van der Waals surface area (Å²) in [5.74, 6) is 0. The first kappa shape index (κ1) is 15.0. The molecule has 0 amide bonds. The highest BCUT2D eigenvalue weighted by molar-refractivity contribution is 4.99. The topological polar surface area (TPSA) is 15.3 Å². The van der Waals surface area contributed by atoms with Crippen molar-refractivity contribution in [2.75, 3.05) is 13.1 Å². The standard InChI is InChI=1S/C15H32N2/c1-7-10-14(4,5)17-12-15(6,9-3)16-11-13(17)8-2/h13,16H,7-12H2,1-6H3. The van der Waals surface area contributed by atoms with E-state index in [0.717, 1.165) is 6.54 Å². The summed E-state index contributed by atoms with van der Waals surface area (Å²) in [7, 11) is 0. The third-order valence-corrected chi connectivity index (χ3v) is 4.62. The quantitative estimate of drug-likeness (QED) is 0.792. The highest BCUT2D eigenvalue weighted by atomic mass is 15.3. The maximum Gasteiger partial charge on any atom is 0.0278 e. The molecule has 2 atom stereocenters. The van der Waals surface area contributed by atoms with Gasteiger partial charge in [0.2, 0.25) is 0 Å². The summed E-state index contributed by atoms with van der Waals surface area (Å²) in [6, 6.07) is 0.705. The molecule has 1 N–H and O–H groups in total. The summed E-state index contributed by atoms with van der Waals surface area (Å²) in [6.07, 6.45) is 5.03. The molecule has 1 aliphatic heterocycles. The lowest BCUT2D eigenvalue weighted by molar-refractivity contribution is -0.00267. The molecule has 0 aliphatic carbocycles. The zero-order valence-corrected chi connectivity index (χ0v) is 12.8. The number of piperazine rings is 1. The van der Waals surface area contributed by atoms with E-state index in [4.69, 9.17) is 0 Å². The van der Waals surface area contributed by atoms with Crippen LogP contribution in [0.4, 0.5) is 0 Å². The lowest BCUT2D eigenvalue weighted by atomic mass is 9.86. The van der Waals surface area contributed by atoms with Gasteiger partial charge in [0.15, 0.2) is 0 Å². The van der Waals surface area contributed by atoms with Gasteiger partial charge >= 0.3 is 0 Å². The Bertz CT molecular complexity index is 237. The number of nitrogens with zero attached hydrogens (tertiary/aromatic N) is 1. The normalized spacial score (nSPS) is 31.8. The van der Waals surface area contributed by atoms with Crippen LogP contribution >= 0.6 is 0 Å². The van der Waals surface area contributed by atoms with Gasteiger partial charge in [-0.1, -0.05) is 27.2 Å². The van der Waals surface area contributed by atoms with Crippen molar-refractivity contribution in [3.05, 3.63) is 0 Å². The van der Waals surface area contributed by atoms with Crippen molar-refractivity contribution in [1.29, 1.82) is 0 Å². The number of nitrogens with one attached hydrogen (secondary N) is 1. The van der Waals surface area contributed by atoms with Gasteiger partial charge in [0, 0.05) is 30.2 Å². The van der Waals surface area contributed by atoms with Crippen molar-refractivity contribution in [3.63, 3.8) is 0 Å². The lowest BCUT2D eigenvalue weighted by Gasteiger charge is -2.52. The Hall–Kier alpha value is -0.0800. The molecule has 0 radical (unpaired) electrons. The molecular formula is C15H32N2. The number of rotatable bonds is 5. The molecule has 17 heavy (non-hydrogen) atoms. The Labute approximate surface area is 108 Å². The predicted octanol–water partition coefficient (Wildman–Crippen LogP) is 3.42.